The van der Waals surface area contributed by atoms with Gasteiger partial charge in [-0.2, -0.15) is 0 Å². The number of aliphatic carboxylic acids is 1. The number of amides is 1. The molecule has 0 aromatic heterocycles. The van der Waals surface area contributed by atoms with Gasteiger partial charge in [0.25, 0.3) is 0 Å². The molecular weight excluding hydrogens is 294 g/mol. The highest BCUT2D eigenvalue weighted by atomic mass is 35.5. The number of carbonyl (C=O) groups is 2. The molecule has 6 heteroatoms. The van der Waals surface area contributed by atoms with Crippen LogP contribution in [0.4, 0.5) is 0 Å². The highest BCUT2D eigenvalue weighted by molar-refractivity contribution is 6.30. The molecule has 0 bridgehead atoms. The van der Waals surface area contributed by atoms with E-state index in [0.717, 1.165) is 18.4 Å². The van der Waals surface area contributed by atoms with Gasteiger partial charge < -0.3 is 15.2 Å². The van der Waals surface area contributed by atoms with Gasteiger partial charge in [0.05, 0.1) is 5.54 Å². The second kappa shape index (κ2) is 5.31. The normalized spacial score (nSPS) is 26.3. The number of benzene rings is 1. The standard InChI is InChI=1S/C15H16ClNO4/c16-10-3-1-2-9(8-10)15(6-7-15)17-13(18)11-4-5-12(21-11)14(19)20/h1-3,8,11-12H,4-7H2,(H,17,18)(H,19,20)/t11-,12+/m0/s1. The Balaban J connectivity index is 1.67. The van der Waals surface area contributed by atoms with Gasteiger partial charge in [-0.25, -0.2) is 4.79 Å². The van der Waals surface area contributed by atoms with Gasteiger partial charge in [-0.05, 0) is 43.4 Å². The molecule has 0 unspecified atom stereocenters. The van der Waals surface area contributed by atoms with E-state index in [0.29, 0.717) is 17.9 Å². The summed E-state index contributed by atoms with van der Waals surface area (Å²) in [6, 6.07) is 7.44. The first kappa shape index (κ1) is 14.4. The van der Waals surface area contributed by atoms with E-state index in [-0.39, 0.29) is 11.4 Å². The molecule has 1 amide bonds. The van der Waals surface area contributed by atoms with Crippen molar-refractivity contribution in [2.75, 3.05) is 0 Å². The molecule has 3 rings (SSSR count). The van der Waals surface area contributed by atoms with Crippen LogP contribution in [0.1, 0.15) is 31.2 Å². The first-order chi connectivity index (χ1) is 10.00. The summed E-state index contributed by atoms with van der Waals surface area (Å²) in [7, 11) is 0. The number of carbonyl (C=O) groups excluding carboxylic acids is 1. The number of hydrogen-bond acceptors (Lipinski definition) is 3. The molecule has 2 fully saturated rings. The fraction of sp³-hybridized carbons (Fsp3) is 0.467. The van der Waals surface area contributed by atoms with Crippen LogP contribution in [0.5, 0.6) is 0 Å². The van der Waals surface area contributed by atoms with Crippen molar-refractivity contribution >= 4 is 23.5 Å². The maximum Gasteiger partial charge on any atom is 0.332 e. The van der Waals surface area contributed by atoms with Crippen molar-refractivity contribution in [1.82, 2.24) is 5.32 Å². The minimum atomic E-state index is -1.01. The molecule has 2 N–H and O–H groups in total. The molecule has 2 aliphatic rings. The van der Waals surface area contributed by atoms with Crippen molar-refractivity contribution in [2.24, 2.45) is 0 Å². The van der Waals surface area contributed by atoms with Crippen LogP contribution in [0.25, 0.3) is 0 Å². The van der Waals surface area contributed by atoms with E-state index in [1.807, 2.05) is 18.2 Å². The lowest BCUT2D eigenvalue weighted by Gasteiger charge is -2.20. The lowest BCUT2D eigenvalue weighted by Crippen LogP contribution is -2.42. The van der Waals surface area contributed by atoms with Gasteiger partial charge in [-0.3, -0.25) is 4.79 Å². The summed E-state index contributed by atoms with van der Waals surface area (Å²) in [5, 5.41) is 12.5. The Bertz CT molecular complexity index is 585. The predicted molar refractivity (Wildman–Crippen MR) is 76.0 cm³/mol. The molecule has 1 aromatic rings. The first-order valence-corrected chi connectivity index (χ1v) is 7.34. The van der Waals surface area contributed by atoms with Crippen LogP contribution in [0.3, 0.4) is 0 Å². The van der Waals surface area contributed by atoms with Gasteiger partial charge in [0.1, 0.15) is 6.10 Å². The first-order valence-electron chi connectivity index (χ1n) is 6.96. The molecule has 1 saturated carbocycles. The lowest BCUT2D eigenvalue weighted by molar-refractivity contribution is -0.152. The Hall–Kier alpha value is -1.59. The van der Waals surface area contributed by atoms with Gasteiger partial charge in [-0.1, -0.05) is 23.7 Å². The molecule has 1 aromatic carbocycles. The maximum atomic E-state index is 12.3. The molecule has 2 atom stereocenters. The van der Waals surface area contributed by atoms with Gasteiger partial charge >= 0.3 is 5.97 Å². The number of carboxylic acid groups (broad SMARTS) is 1. The molecule has 1 aliphatic carbocycles. The molecule has 0 spiro atoms. The second-order valence-corrected chi connectivity index (χ2v) is 6.05. The Kier molecular flexibility index (Phi) is 3.63. The summed E-state index contributed by atoms with van der Waals surface area (Å²) in [4.78, 5) is 23.1. The van der Waals surface area contributed by atoms with E-state index < -0.39 is 18.2 Å². The van der Waals surface area contributed by atoms with Gasteiger partial charge in [0.15, 0.2) is 6.10 Å². The predicted octanol–water partition coefficient (Wildman–Crippen LogP) is 2.08. The van der Waals surface area contributed by atoms with E-state index in [9.17, 15) is 9.59 Å². The monoisotopic (exact) mass is 309 g/mol. The Morgan fingerprint density at radius 3 is 2.57 bits per heavy atom. The Morgan fingerprint density at radius 1 is 1.29 bits per heavy atom. The van der Waals surface area contributed by atoms with E-state index in [1.54, 1.807) is 6.07 Å². The minimum Gasteiger partial charge on any atom is -0.479 e. The molecule has 0 radical (unpaired) electrons. The minimum absolute atomic E-state index is 0.240. The second-order valence-electron chi connectivity index (χ2n) is 5.61. The van der Waals surface area contributed by atoms with E-state index >= 15 is 0 Å². The topological polar surface area (TPSA) is 75.6 Å². The van der Waals surface area contributed by atoms with Crippen molar-refractivity contribution in [3.05, 3.63) is 34.9 Å². The molecular formula is C15H16ClNO4. The summed E-state index contributed by atoms with van der Waals surface area (Å²) < 4.78 is 5.28. The number of rotatable bonds is 4. The van der Waals surface area contributed by atoms with Crippen LogP contribution in [0, 0.1) is 0 Å². The average molecular weight is 310 g/mol. The molecule has 1 aliphatic heterocycles. The number of carboxylic acids is 1. The highest BCUT2D eigenvalue weighted by Gasteiger charge is 2.47. The zero-order valence-corrected chi connectivity index (χ0v) is 12.1. The van der Waals surface area contributed by atoms with E-state index in [1.165, 1.54) is 0 Å². The summed E-state index contributed by atoms with van der Waals surface area (Å²) in [6.45, 7) is 0. The molecule has 1 heterocycles. The van der Waals surface area contributed by atoms with E-state index in [2.05, 4.69) is 5.32 Å². The summed E-state index contributed by atoms with van der Waals surface area (Å²) in [5.41, 5.74) is 0.614. The van der Waals surface area contributed by atoms with Crippen LogP contribution in [0.15, 0.2) is 24.3 Å². The van der Waals surface area contributed by atoms with Crippen LogP contribution < -0.4 is 5.32 Å². The van der Waals surface area contributed by atoms with Gasteiger partial charge in [-0.15, -0.1) is 0 Å². The summed E-state index contributed by atoms with van der Waals surface area (Å²) in [5.74, 6) is -1.25. The van der Waals surface area contributed by atoms with Crippen LogP contribution in [0.2, 0.25) is 5.02 Å². The van der Waals surface area contributed by atoms with Gasteiger partial charge in [0, 0.05) is 5.02 Å². The number of nitrogens with one attached hydrogen (secondary N) is 1. The largest absolute Gasteiger partial charge is 0.479 e. The van der Waals surface area contributed by atoms with Crippen LogP contribution in [-0.2, 0) is 19.9 Å². The zero-order chi connectivity index (χ0) is 15.0. The SMILES string of the molecule is O=C(NC1(c2cccc(Cl)c2)CC1)[C@@H]1CC[C@H](C(=O)O)O1. The molecule has 112 valence electrons. The highest BCUT2D eigenvalue weighted by Crippen LogP contribution is 2.46. The van der Waals surface area contributed by atoms with Crippen molar-refractivity contribution in [2.45, 2.75) is 43.4 Å². The van der Waals surface area contributed by atoms with Crippen molar-refractivity contribution < 1.29 is 19.4 Å². The molecule has 5 nitrogen and oxygen atoms in total. The third-order valence-corrected chi connectivity index (χ3v) is 4.31. The number of halogens is 1. The van der Waals surface area contributed by atoms with Crippen LogP contribution in [-0.4, -0.2) is 29.2 Å². The smallest absolute Gasteiger partial charge is 0.332 e. The van der Waals surface area contributed by atoms with Crippen molar-refractivity contribution in [1.29, 1.82) is 0 Å². The van der Waals surface area contributed by atoms with E-state index in [4.69, 9.17) is 21.4 Å². The number of ether oxygens (including phenoxy) is 1. The molecule has 1 saturated heterocycles. The average Bonchev–Trinajstić information content (AvgIpc) is 3.04. The Morgan fingerprint density at radius 2 is 2.00 bits per heavy atom. The quantitative estimate of drug-likeness (QED) is 0.893. The van der Waals surface area contributed by atoms with Crippen molar-refractivity contribution in [3.63, 3.8) is 0 Å². The third-order valence-electron chi connectivity index (χ3n) is 4.08. The number of hydrogen-bond donors (Lipinski definition) is 2. The van der Waals surface area contributed by atoms with Crippen LogP contribution >= 0.6 is 11.6 Å². The lowest BCUT2D eigenvalue weighted by atomic mass is 10.0. The fourth-order valence-corrected chi connectivity index (χ4v) is 2.92. The maximum absolute atomic E-state index is 12.3. The summed E-state index contributed by atoms with van der Waals surface area (Å²) in [6.07, 6.45) is 0.971. The summed E-state index contributed by atoms with van der Waals surface area (Å²) >= 11 is 5.99. The van der Waals surface area contributed by atoms with Gasteiger partial charge in [0.2, 0.25) is 5.91 Å². The zero-order valence-electron chi connectivity index (χ0n) is 11.3. The third kappa shape index (κ3) is 2.89. The van der Waals surface area contributed by atoms with Crippen molar-refractivity contribution in [3.8, 4) is 0 Å². The Labute approximate surface area is 127 Å². The molecule has 21 heavy (non-hydrogen) atoms. The fourth-order valence-electron chi connectivity index (χ4n) is 2.73.